The van der Waals surface area contributed by atoms with Crippen LogP contribution in [-0.2, 0) is 6.54 Å². The number of thiophene rings is 1. The van der Waals surface area contributed by atoms with Gasteiger partial charge in [0.1, 0.15) is 5.82 Å². The Morgan fingerprint density at radius 2 is 1.88 bits per heavy atom. The third kappa shape index (κ3) is 5.66. The maximum atomic E-state index is 13.7. The van der Waals surface area contributed by atoms with E-state index in [2.05, 4.69) is 25.7 Å². The van der Waals surface area contributed by atoms with Crippen LogP contribution in [0.4, 0.5) is 14.6 Å². The molecule has 204 valence electrons. The number of nitrogens with one attached hydrogen (secondary N) is 2. The molecule has 11 heteroatoms. The van der Waals surface area contributed by atoms with E-state index in [9.17, 15) is 13.6 Å². The van der Waals surface area contributed by atoms with Gasteiger partial charge >= 0.3 is 0 Å². The van der Waals surface area contributed by atoms with Crippen LogP contribution in [0.25, 0.3) is 27.3 Å². The Hall–Kier alpha value is -5.03. The SMILES string of the molecule is CC(NC(=O)c1cccnc1NCc1ccc(-c2ccc3ncc(-n4cccn4)nc3c2)s1)c1ccc(F)c(F)c1. The Labute approximate surface area is 237 Å². The van der Waals surface area contributed by atoms with Crippen LogP contribution in [0.3, 0.4) is 0 Å². The van der Waals surface area contributed by atoms with Gasteiger partial charge in [-0.15, -0.1) is 11.3 Å². The van der Waals surface area contributed by atoms with Gasteiger partial charge in [0.25, 0.3) is 5.91 Å². The normalized spacial score (nSPS) is 11.9. The molecule has 0 aliphatic rings. The van der Waals surface area contributed by atoms with E-state index in [1.54, 1.807) is 53.7 Å². The van der Waals surface area contributed by atoms with Gasteiger partial charge in [-0.1, -0.05) is 12.1 Å². The number of benzene rings is 2. The molecule has 2 aromatic carbocycles. The number of fused-ring (bicyclic) bond motifs is 1. The van der Waals surface area contributed by atoms with Crippen molar-refractivity contribution in [3.63, 3.8) is 0 Å². The molecule has 6 rings (SSSR count). The van der Waals surface area contributed by atoms with Gasteiger partial charge in [-0.3, -0.25) is 9.78 Å². The predicted octanol–water partition coefficient (Wildman–Crippen LogP) is 6.32. The lowest BCUT2D eigenvalue weighted by atomic mass is 10.1. The van der Waals surface area contributed by atoms with Gasteiger partial charge in [0, 0.05) is 28.3 Å². The minimum Gasteiger partial charge on any atom is -0.365 e. The van der Waals surface area contributed by atoms with Gasteiger partial charge in [0.15, 0.2) is 17.5 Å². The highest BCUT2D eigenvalue weighted by Crippen LogP contribution is 2.30. The second-order valence-corrected chi connectivity index (χ2v) is 10.4. The molecule has 4 heterocycles. The van der Waals surface area contributed by atoms with Gasteiger partial charge in [-0.25, -0.2) is 23.4 Å². The smallest absolute Gasteiger partial charge is 0.255 e. The van der Waals surface area contributed by atoms with Gasteiger partial charge in [-0.2, -0.15) is 5.10 Å². The van der Waals surface area contributed by atoms with E-state index in [-0.39, 0.29) is 5.91 Å². The van der Waals surface area contributed by atoms with E-state index in [4.69, 9.17) is 4.98 Å². The number of halogens is 2. The summed E-state index contributed by atoms with van der Waals surface area (Å²) < 4.78 is 28.6. The molecule has 0 aliphatic carbocycles. The molecule has 4 aromatic heterocycles. The molecule has 41 heavy (non-hydrogen) atoms. The summed E-state index contributed by atoms with van der Waals surface area (Å²) in [5.41, 5.74) is 3.39. The number of amides is 1. The summed E-state index contributed by atoms with van der Waals surface area (Å²) in [6.07, 6.45) is 6.81. The summed E-state index contributed by atoms with van der Waals surface area (Å²) in [7, 11) is 0. The highest BCUT2D eigenvalue weighted by atomic mass is 32.1. The van der Waals surface area contributed by atoms with E-state index in [0.29, 0.717) is 29.3 Å². The molecule has 0 bridgehead atoms. The topological polar surface area (TPSA) is 97.6 Å². The number of aromatic nitrogens is 5. The Bertz CT molecular complexity index is 1860. The van der Waals surface area contributed by atoms with Crippen molar-refractivity contribution in [3.05, 3.63) is 119 Å². The maximum Gasteiger partial charge on any atom is 0.255 e. The van der Waals surface area contributed by atoms with Crippen LogP contribution in [-0.4, -0.2) is 30.6 Å². The minimum absolute atomic E-state index is 0.347. The van der Waals surface area contributed by atoms with Crippen LogP contribution >= 0.6 is 11.3 Å². The Balaban J connectivity index is 1.15. The summed E-state index contributed by atoms with van der Waals surface area (Å²) in [5, 5.41) is 10.3. The zero-order valence-corrected chi connectivity index (χ0v) is 22.6. The molecule has 0 radical (unpaired) electrons. The fourth-order valence-corrected chi connectivity index (χ4v) is 5.28. The summed E-state index contributed by atoms with van der Waals surface area (Å²) in [6, 6.07) is 18.2. The fraction of sp³-hybridized carbons (Fsp3) is 0.100. The first-order valence-electron chi connectivity index (χ1n) is 12.8. The average Bonchev–Trinajstić information content (AvgIpc) is 3.70. The number of carbonyl (C=O) groups excluding carboxylic acids is 1. The first-order valence-corrected chi connectivity index (χ1v) is 13.6. The number of hydrogen-bond donors (Lipinski definition) is 2. The van der Waals surface area contributed by atoms with E-state index < -0.39 is 17.7 Å². The van der Waals surface area contributed by atoms with Crippen molar-refractivity contribution in [2.45, 2.75) is 19.5 Å². The lowest BCUT2D eigenvalue weighted by molar-refractivity contribution is 0.0940. The highest BCUT2D eigenvalue weighted by molar-refractivity contribution is 7.15. The predicted molar refractivity (Wildman–Crippen MR) is 154 cm³/mol. The summed E-state index contributed by atoms with van der Waals surface area (Å²) in [5.74, 6) is -1.21. The first kappa shape index (κ1) is 26.2. The van der Waals surface area contributed by atoms with Crippen molar-refractivity contribution in [2.24, 2.45) is 0 Å². The number of pyridine rings is 1. The van der Waals surface area contributed by atoms with Crippen molar-refractivity contribution < 1.29 is 13.6 Å². The lowest BCUT2D eigenvalue weighted by Gasteiger charge is -2.16. The number of carbonyl (C=O) groups is 1. The van der Waals surface area contributed by atoms with E-state index in [1.807, 2.05) is 42.6 Å². The van der Waals surface area contributed by atoms with Crippen LogP contribution < -0.4 is 10.6 Å². The van der Waals surface area contributed by atoms with Crippen LogP contribution in [0.15, 0.2) is 91.5 Å². The molecule has 0 fully saturated rings. The van der Waals surface area contributed by atoms with Crippen molar-refractivity contribution in [1.29, 1.82) is 0 Å². The third-order valence-corrected chi connectivity index (χ3v) is 7.62. The third-order valence-electron chi connectivity index (χ3n) is 6.49. The van der Waals surface area contributed by atoms with Crippen LogP contribution in [0.5, 0.6) is 0 Å². The lowest BCUT2D eigenvalue weighted by Crippen LogP contribution is -2.27. The second-order valence-electron chi connectivity index (χ2n) is 9.27. The quantitative estimate of drug-likeness (QED) is 0.223. The van der Waals surface area contributed by atoms with Crippen molar-refractivity contribution in [3.8, 4) is 16.3 Å². The highest BCUT2D eigenvalue weighted by Gasteiger charge is 2.17. The van der Waals surface area contributed by atoms with Gasteiger partial charge < -0.3 is 10.6 Å². The molecule has 0 saturated carbocycles. The zero-order chi connectivity index (χ0) is 28.3. The summed E-state index contributed by atoms with van der Waals surface area (Å²) >= 11 is 1.62. The van der Waals surface area contributed by atoms with Crippen molar-refractivity contribution in [2.75, 3.05) is 5.32 Å². The number of anilines is 1. The number of hydrogen-bond acceptors (Lipinski definition) is 7. The van der Waals surface area contributed by atoms with E-state index >= 15 is 0 Å². The summed E-state index contributed by atoms with van der Waals surface area (Å²) in [6.45, 7) is 2.16. The fourth-order valence-electron chi connectivity index (χ4n) is 4.34. The molecular weight excluding hydrogens is 544 g/mol. The molecule has 0 saturated heterocycles. The number of nitrogens with zero attached hydrogens (tertiary/aromatic N) is 5. The molecule has 1 amide bonds. The van der Waals surface area contributed by atoms with E-state index in [1.165, 1.54) is 6.07 Å². The molecular formula is C30H23F2N7OS. The maximum absolute atomic E-state index is 13.7. The Morgan fingerprint density at radius 1 is 0.976 bits per heavy atom. The number of rotatable bonds is 8. The zero-order valence-electron chi connectivity index (χ0n) is 21.8. The molecule has 0 spiro atoms. The standard InChI is InChI=1S/C30H23F2N7OS/c1-18(19-5-8-23(31)24(32)14-19)37-30(40)22-4-2-11-33-29(22)35-16-21-7-10-27(41-21)20-6-9-25-26(15-20)38-28(17-34-25)39-13-3-12-36-39/h2-15,17-18H,16H2,1H3,(H,33,35)(H,37,40). The first-order chi connectivity index (χ1) is 19.9. The van der Waals surface area contributed by atoms with Gasteiger partial charge in [0.2, 0.25) is 0 Å². The molecule has 1 unspecified atom stereocenters. The Kier molecular flexibility index (Phi) is 7.17. The molecule has 0 aliphatic heterocycles. The Morgan fingerprint density at radius 3 is 2.71 bits per heavy atom. The molecule has 6 aromatic rings. The van der Waals surface area contributed by atoms with Gasteiger partial charge in [0.05, 0.1) is 35.4 Å². The average molecular weight is 568 g/mol. The monoisotopic (exact) mass is 567 g/mol. The largest absolute Gasteiger partial charge is 0.365 e. The van der Waals surface area contributed by atoms with Crippen LogP contribution in [0.1, 0.15) is 33.8 Å². The van der Waals surface area contributed by atoms with Gasteiger partial charge in [-0.05, 0) is 72.6 Å². The van der Waals surface area contributed by atoms with E-state index in [0.717, 1.165) is 38.5 Å². The van der Waals surface area contributed by atoms with Crippen molar-refractivity contribution >= 4 is 34.1 Å². The van der Waals surface area contributed by atoms with Crippen LogP contribution in [0, 0.1) is 11.6 Å². The second kappa shape index (κ2) is 11.2. The molecule has 2 N–H and O–H groups in total. The van der Waals surface area contributed by atoms with Crippen LogP contribution in [0.2, 0.25) is 0 Å². The van der Waals surface area contributed by atoms with Crippen molar-refractivity contribution in [1.82, 2.24) is 30.0 Å². The molecule has 8 nitrogen and oxygen atoms in total. The minimum atomic E-state index is -0.960. The summed E-state index contributed by atoms with van der Waals surface area (Å²) in [4.78, 5) is 28.7. The molecule has 1 atom stereocenters.